The molecule has 2 atom stereocenters. The Kier molecular flexibility index (Phi) is 7.12. The molecule has 0 fully saturated rings. The van der Waals surface area contributed by atoms with Gasteiger partial charge in [-0.2, -0.15) is 0 Å². The van der Waals surface area contributed by atoms with Crippen molar-refractivity contribution in [1.82, 2.24) is 20.2 Å². The topological polar surface area (TPSA) is 95.1 Å². The van der Waals surface area contributed by atoms with Crippen LogP contribution in [0.3, 0.4) is 0 Å². The summed E-state index contributed by atoms with van der Waals surface area (Å²) in [6.07, 6.45) is 0. The summed E-state index contributed by atoms with van der Waals surface area (Å²) in [4.78, 5) is 12.7. The molecule has 0 unspecified atom stereocenters. The van der Waals surface area contributed by atoms with E-state index in [4.69, 9.17) is 33.8 Å². The highest BCUT2D eigenvalue weighted by molar-refractivity contribution is 8.00. The van der Waals surface area contributed by atoms with Gasteiger partial charge in [-0.25, -0.2) is 4.68 Å². The standard InChI is InChI=1S/C20H21Cl2N5O2S/c1-11(16-9-6-14(21)10-17(16)22)24-19(28)12(2)30-20-26-25-18(27(20)23)13-4-7-15(29-3)8-5-13/h4-12H,23H2,1-3H3,(H,24,28)/t11-,12+/m1/s1. The van der Waals surface area contributed by atoms with Gasteiger partial charge >= 0.3 is 0 Å². The fraction of sp³-hybridized carbons (Fsp3) is 0.250. The number of nitrogens with two attached hydrogens (primary N) is 1. The molecule has 3 rings (SSSR count). The maximum Gasteiger partial charge on any atom is 0.233 e. The van der Waals surface area contributed by atoms with E-state index >= 15 is 0 Å². The lowest BCUT2D eigenvalue weighted by molar-refractivity contribution is -0.120. The summed E-state index contributed by atoms with van der Waals surface area (Å²) in [7, 11) is 1.60. The van der Waals surface area contributed by atoms with Crippen molar-refractivity contribution >= 4 is 40.9 Å². The zero-order valence-electron chi connectivity index (χ0n) is 16.6. The van der Waals surface area contributed by atoms with Gasteiger partial charge < -0.3 is 15.9 Å². The summed E-state index contributed by atoms with van der Waals surface area (Å²) in [5.41, 5.74) is 1.58. The smallest absolute Gasteiger partial charge is 0.233 e. The molecule has 0 aliphatic carbocycles. The van der Waals surface area contributed by atoms with Crippen molar-refractivity contribution in [2.24, 2.45) is 0 Å². The van der Waals surface area contributed by atoms with Gasteiger partial charge in [0.15, 0.2) is 5.82 Å². The lowest BCUT2D eigenvalue weighted by Crippen LogP contribution is -2.33. The van der Waals surface area contributed by atoms with E-state index in [2.05, 4.69) is 15.5 Å². The van der Waals surface area contributed by atoms with E-state index in [9.17, 15) is 4.79 Å². The first kappa shape index (κ1) is 22.3. The van der Waals surface area contributed by atoms with E-state index in [-0.39, 0.29) is 11.9 Å². The van der Waals surface area contributed by atoms with Crippen LogP contribution in [-0.2, 0) is 4.79 Å². The molecule has 1 amide bonds. The van der Waals surface area contributed by atoms with Crippen molar-refractivity contribution in [3.63, 3.8) is 0 Å². The Balaban J connectivity index is 1.67. The molecule has 0 bridgehead atoms. The second kappa shape index (κ2) is 9.59. The Morgan fingerprint density at radius 1 is 1.17 bits per heavy atom. The number of nitrogens with one attached hydrogen (secondary N) is 1. The molecular formula is C20H21Cl2N5O2S. The van der Waals surface area contributed by atoms with Crippen LogP contribution in [0.1, 0.15) is 25.5 Å². The highest BCUT2D eigenvalue weighted by Gasteiger charge is 2.22. The lowest BCUT2D eigenvalue weighted by Gasteiger charge is -2.18. The van der Waals surface area contributed by atoms with E-state index in [1.54, 1.807) is 32.2 Å². The van der Waals surface area contributed by atoms with Crippen molar-refractivity contribution in [2.45, 2.75) is 30.3 Å². The molecule has 10 heteroatoms. The number of halogens is 2. The Morgan fingerprint density at radius 3 is 2.50 bits per heavy atom. The summed E-state index contributed by atoms with van der Waals surface area (Å²) in [5.74, 6) is 7.21. The predicted molar refractivity (Wildman–Crippen MR) is 120 cm³/mol. The third kappa shape index (κ3) is 5.00. The first-order valence-corrected chi connectivity index (χ1v) is 10.7. The number of benzene rings is 2. The maximum atomic E-state index is 12.7. The van der Waals surface area contributed by atoms with Crippen LogP contribution in [0.4, 0.5) is 0 Å². The van der Waals surface area contributed by atoms with Crippen LogP contribution < -0.4 is 15.9 Å². The Bertz CT molecular complexity index is 1040. The fourth-order valence-electron chi connectivity index (χ4n) is 2.77. The number of hydrogen-bond acceptors (Lipinski definition) is 6. The third-order valence-electron chi connectivity index (χ3n) is 4.45. The van der Waals surface area contributed by atoms with Crippen molar-refractivity contribution in [2.75, 3.05) is 13.0 Å². The van der Waals surface area contributed by atoms with Crippen molar-refractivity contribution < 1.29 is 9.53 Å². The number of amides is 1. The van der Waals surface area contributed by atoms with Crippen molar-refractivity contribution in [3.05, 3.63) is 58.1 Å². The molecule has 0 saturated carbocycles. The quantitative estimate of drug-likeness (QED) is 0.398. The van der Waals surface area contributed by atoms with Crippen LogP contribution in [0.25, 0.3) is 11.4 Å². The largest absolute Gasteiger partial charge is 0.497 e. The van der Waals surface area contributed by atoms with Gasteiger partial charge in [0.2, 0.25) is 11.1 Å². The van der Waals surface area contributed by atoms with Crippen LogP contribution in [0.5, 0.6) is 5.75 Å². The predicted octanol–water partition coefficient (Wildman–Crippen LogP) is 4.33. The average molecular weight is 466 g/mol. The first-order chi connectivity index (χ1) is 14.3. The van der Waals surface area contributed by atoms with Crippen LogP contribution in [-0.4, -0.2) is 33.1 Å². The van der Waals surface area contributed by atoms with Gasteiger partial charge in [0.05, 0.1) is 18.4 Å². The molecule has 7 nitrogen and oxygen atoms in total. The fourth-order valence-corrected chi connectivity index (χ4v) is 4.12. The molecule has 3 aromatic rings. The monoisotopic (exact) mass is 465 g/mol. The summed E-state index contributed by atoms with van der Waals surface area (Å²) < 4.78 is 6.53. The summed E-state index contributed by atoms with van der Waals surface area (Å²) in [6, 6.07) is 12.2. The van der Waals surface area contributed by atoms with E-state index in [1.165, 1.54) is 16.4 Å². The number of carbonyl (C=O) groups is 1. The molecule has 0 aliphatic heterocycles. The van der Waals surface area contributed by atoms with E-state index < -0.39 is 5.25 Å². The molecule has 1 aromatic heterocycles. The Hall–Kier alpha value is -2.42. The van der Waals surface area contributed by atoms with Gasteiger partial charge in [0.1, 0.15) is 5.75 Å². The molecule has 0 spiro atoms. The number of rotatable bonds is 7. The van der Waals surface area contributed by atoms with E-state index in [1.807, 2.05) is 31.2 Å². The van der Waals surface area contributed by atoms with Crippen molar-refractivity contribution in [1.29, 1.82) is 0 Å². The SMILES string of the molecule is COc1ccc(-c2nnc(S[C@@H](C)C(=O)N[C@H](C)c3ccc(Cl)cc3Cl)n2N)cc1. The van der Waals surface area contributed by atoms with Crippen molar-refractivity contribution in [3.8, 4) is 17.1 Å². The summed E-state index contributed by atoms with van der Waals surface area (Å²) >= 11 is 13.4. The van der Waals surface area contributed by atoms with Crippen LogP contribution in [0.2, 0.25) is 10.0 Å². The highest BCUT2D eigenvalue weighted by atomic mass is 35.5. The molecule has 30 heavy (non-hydrogen) atoms. The number of methoxy groups -OCH3 is 1. The minimum atomic E-state index is -0.450. The van der Waals surface area contributed by atoms with E-state index in [0.29, 0.717) is 21.0 Å². The van der Waals surface area contributed by atoms with Gasteiger partial charge in [-0.05, 0) is 55.8 Å². The average Bonchev–Trinajstić information content (AvgIpc) is 3.08. The van der Waals surface area contributed by atoms with Gasteiger partial charge in [0, 0.05) is 15.6 Å². The number of nitrogen functional groups attached to an aromatic ring is 1. The molecule has 3 N–H and O–H groups in total. The number of nitrogens with zero attached hydrogens (tertiary/aromatic N) is 3. The third-order valence-corrected chi connectivity index (χ3v) is 6.07. The van der Waals surface area contributed by atoms with Crippen LogP contribution >= 0.6 is 35.0 Å². The minimum Gasteiger partial charge on any atom is -0.497 e. The van der Waals surface area contributed by atoms with Gasteiger partial charge in [0.25, 0.3) is 0 Å². The zero-order valence-corrected chi connectivity index (χ0v) is 18.9. The number of thioether (sulfide) groups is 1. The van der Waals surface area contributed by atoms with Gasteiger partial charge in [-0.3, -0.25) is 4.79 Å². The van der Waals surface area contributed by atoms with Gasteiger partial charge in [-0.15, -0.1) is 10.2 Å². The number of carbonyl (C=O) groups excluding carboxylic acids is 1. The molecule has 1 heterocycles. The lowest BCUT2D eigenvalue weighted by atomic mass is 10.1. The summed E-state index contributed by atoms with van der Waals surface area (Å²) in [6.45, 7) is 3.63. The van der Waals surface area contributed by atoms with Crippen LogP contribution in [0.15, 0.2) is 47.6 Å². The number of ether oxygens (including phenoxy) is 1. The second-order valence-electron chi connectivity index (χ2n) is 6.56. The Labute approximate surface area is 188 Å². The summed E-state index contributed by atoms with van der Waals surface area (Å²) in [5, 5.41) is 12.2. The molecule has 0 saturated heterocycles. The number of hydrogen-bond donors (Lipinski definition) is 2. The number of aromatic nitrogens is 3. The maximum absolute atomic E-state index is 12.7. The molecule has 2 aromatic carbocycles. The normalized spacial score (nSPS) is 13.0. The molecular weight excluding hydrogens is 445 g/mol. The first-order valence-electron chi connectivity index (χ1n) is 9.07. The highest BCUT2D eigenvalue weighted by Crippen LogP contribution is 2.28. The van der Waals surface area contributed by atoms with Crippen LogP contribution in [0, 0.1) is 0 Å². The second-order valence-corrected chi connectivity index (χ2v) is 8.71. The van der Waals surface area contributed by atoms with E-state index in [0.717, 1.165) is 16.9 Å². The zero-order chi connectivity index (χ0) is 21.8. The molecule has 0 radical (unpaired) electrons. The van der Waals surface area contributed by atoms with Gasteiger partial charge in [-0.1, -0.05) is 41.0 Å². The molecule has 158 valence electrons. The Morgan fingerprint density at radius 2 is 1.87 bits per heavy atom. The minimum absolute atomic E-state index is 0.174. The molecule has 0 aliphatic rings.